The lowest BCUT2D eigenvalue weighted by Gasteiger charge is -2.21. The molecule has 0 radical (unpaired) electrons. The minimum absolute atomic E-state index is 0.0958. The molecule has 2 amide bonds. The molecule has 30 heavy (non-hydrogen) atoms. The molecule has 0 aliphatic heterocycles. The molecule has 0 aliphatic carbocycles. The van der Waals surface area contributed by atoms with Gasteiger partial charge in [0.05, 0.1) is 22.3 Å². The largest absolute Gasteiger partial charge is 0.492 e. The maximum atomic E-state index is 12.6. The highest BCUT2D eigenvalue weighted by atomic mass is 79.9. The zero-order valence-electron chi connectivity index (χ0n) is 17.5. The highest BCUT2D eigenvalue weighted by Crippen LogP contribution is 2.26. The summed E-state index contributed by atoms with van der Waals surface area (Å²) in [4.78, 5) is 25.1. The van der Waals surface area contributed by atoms with E-state index < -0.39 is 0 Å². The van der Waals surface area contributed by atoms with Crippen molar-refractivity contribution in [3.8, 4) is 5.75 Å². The van der Waals surface area contributed by atoms with Crippen LogP contribution in [0.15, 0.2) is 46.9 Å². The van der Waals surface area contributed by atoms with Crippen molar-refractivity contribution in [3.63, 3.8) is 0 Å². The van der Waals surface area contributed by atoms with E-state index in [2.05, 4.69) is 31.9 Å². The van der Waals surface area contributed by atoms with Crippen molar-refractivity contribution in [2.75, 3.05) is 11.9 Å². The minimum atomic E-state index is -0.376. The Hall–Kier alpha value is -2.45. The number of anilines is 1. The minimum Gasteiger partial charge on any atom is -0.492 e. The van der Waals surface area contributed by atoms with Gasteiger partial charge >= 0.3 is 0 Å². The van der Waals surface area contributed by atoms with E-state index in [0.29, 0.717) is 33.6 Å². The average Bonchev–Trinajstić information content (AvgIpc) is 2.65. The number of para-hydroxylation sites is 1. The molecule has 0 bridgehead atoms. The summed E-state index contributed by atoms with van der Waals surface area (Å²) in [6.45, 7) is 8.34. The number of nitrogens with one attached hydrogen (secondary N) is 3. The number of hydrogen-bond acceptors (Lipinski definition) is 4. The standard InChI is InChI=1S/C22H26BrN3O3S/c1-5-12-29-18-11-10-14(13-16(18)23)19(27)25-21(30)24-17-9-7-6-8-15(17)20(28)26-22(2,3)4/h6-11,13H,5,12H2,1-4H3,(H,26,28)(H2,24,25,27,30). The van der Waals surface area contributed by atoms with Gasteiger partial charge in [-0.15, -0.1) is 0 Å². The summed E-state index contributed by atoms with van der Waals surface area (Å²) in [5.41, 5.74) is 0.992. The third-order valence-corrected chi connectivity index (χ3v) is 4.62. The number of carbonyl (C=O) groups excluding carboxylic acids is 2. The Morgan fingerprint density at radius 3 is 2.43 bits per heavy atom. The van der Waals surface area contributed by atoms with E-state index in [1.807, 2.05) is 27.7 Å². The molecule has 0 heterocycles. The van der Waals surface area contributed by atoms with E-state index in [0.717, 1.165) is 6.42 Å². The summed E-state index contributed by atoms with van der Waals surface area (Å²) in [6.07, 6.45) is 0.893. The number of halogens is 1. The molecule has 0 aromatic heterocycles. The van der Waals surface area contributed by atoms with Crippen LogP contribution in [0.4, 0.5) is 5.69 Å². The monoisotopic (exact) mass is 491 g/mol. The summed E-state index contributed by atoms with van der Waals surface area (Å²) in [6, 6.07) is 12.0. The molecule has 0 spiro atoms. The third kappa shape index (κ3) is 7.11. The van der Waals surface area contributed by atoms with Crippen LogP contribution < -0.4 is 20.7 Å². The smallest absolute Gasteiger partial charge is 0.257 e. The zero-order valence-corrected chi connectivity index (χ0v) is 19.9. The van der Waals surface area contributed by atoms with Crippen LogP contribution in [0.5, 0.6) is 5.75 Å². The molecule has 0 saturated carbocycles. The van der Waals surface area contributed by atoms with E-state index in [-0.39, 0.29) is 22.5 Å². The van der Waals surface area contributed by atoms with E-state index in [1.165, 1.54) is 0 Å². The van der Waals surface area contributed by atoms with Crippen LogP contribution >= 0.6 is 28.1 Å². The fraction of sp³-hybridized carbons (Fsp3) is 0.318. The highest BCUT2D eigenvalue weighted by Gasteiger charge is 2.18. The second kappa shape index (κ2) is 10.5. The molecule has 0 aliphatic rings. The molecular formula is C22H26BrN3O3S. The lowest BCUT2D eigenvalue weighted by Crippen LogP contribution is -2.41. The second-order valence-electron chi connectivity index (χ2n) is 7.65. The Morgan fingerprint density at radius 1 is 1.10 bits per heavy atom. The van der Waals surface area contributed by atoms with Crippen molar-refractivity contribution in [1.29, 1.82) is 0 Å². The van der Waals surface area contributed by atoms with Crippen LogP contribution in [0.1, 0.15) is 54.8 Å². The number of thiocarbonyl (C=S) groups is 1. The number of rotatable bonds is 6. The normalized spacial score (nSPS) is 10.8. The maximum absolute atomic E-state index is 12.6. The molecule has 6 nitrogen and oxygen atoms in total. The first-order valence-corrected chi connectivity index (χ1v) is 10.8. The van der Waals surface area contributed by atoms with E-state index in [4.69, 9.17) is 17.0 Å². The topological polar surface area (TPSA) is 79.5 Å². The summed E-state index contributed by atoms with van der Waals surface area (Å²) < 4.78 is 6.28. The summed E-state index contributed by atoms with van der Waals surface area (Å²) in [7, 11) is 0. The Balaban J connectivity index is 2.07. The van der Waals surface area contributed by atoms with E-state index >= 15 is 0 Å². The number of benzene rings is 2. The van der Waals surface area contributed by atoms with Gasteiger partial charge in [0.2, 0.25) is 0 Å². The van der Waals surface area contributed by atoms with Gasteiger partial charge in [-0.05, 0) is 85.7 Å². The van der Waals surface area contributed by atoms with Crippen molar-refractivity contribution in [3.05, 3.63) is 58.1 Å². The summed E-state index contributed by atoms with van der Waals surface area (Å²) in [5, 5.41) is 8.58. The first kappa shape index (κ1) is 23.8. The first-order chi connectivity index (χ1) is 14.1. The van der Waals surface area contributed by atoms with Crippen LogP contribution in [0.3, 0.4) is 0 Å². The predicted octanol–water partition coefficient (Wildman–Crippen LogP) is 4.89. The van der Waals surface area contributed by atoms with Gasteiger partial charge in [0, 0.05) is 11.1 Å². The molecule has 0 atom stereocenters. The van der Waals surface area contributed by atoms with Crippen molar-refractivity contribution in [1.82, 2.24) is 10.6 Å². The van der Waals surface area contributed by atoms with Crippen LogP contribution in [0.2, 0.25) is 0 Å². The SMILES string of the molecule is CCCOc1ccc(C(=O)NC(=S)Nc2ccccc2C(=O)NC(C)(C)C)cc1Br. The van der Waals surface area contributed by atoms with Gasteiger partial charge in [0.1, 0.15) is 5.75 Å². The van der Waals surface area contributed by atoms with E-state index in [1.54, 1.807) is 42.5 Å². The molecule has 3 N–H and O–H groups in total. The first-order valence-electron chi connectivity index (χ1n) is 9.57. The van der Waals surface area contributed by atoms with Gasteiger partial charge in [-0.1, -0.05) is 19.1 Å². The third-order valence-electron chi connectivity index (χ3n) is 3.79. The zero-order chi connectivity index (χ0) is 22.3. The molecule has 8 heteroatoms. The summed E-state index contributed by atoms with van der Waals surface area (Å²) in [5.74, 6) is 0.0751. The lowest BCUT2D eigenvalue weighted by atomic mass is 10.1. The van der Waals surface area contributed by atoms with Crippen molar-refractivity contribution >= 4 is 50.8 Å². The Kier molecular flexibility index (Phi) is 8.37. The molecular weight excluding hydrogens is 466 g/mol. The van der Waals surface area contributed by atoms with Gasteiger partial charge in [-0.3, -0.25) is 14.9 Å². The molecule has 0 fully saturated rings. The Labute approximate surface area is 190 Å². The van der Waals surface area contributed by atoms with Gasteiger partial charge in [-0.25, -0.2) is 0 Å². The van der Waals surface area contributed by atoms with Crippen LogP contribution in [0.25, 0.3) is 0 Å². The average molecular weight is 492 g/mol. The molecule has 2 aromatic carbocycles. The fourth-order valence-electron chi connectivity index (χ4n) is 2.50. The van der Waals surface area contributed by atoms with Crippen LogP contribution in [0, 0.1) is 0 Å². The lowest BCUT2D eigenvalue weighted by molar-refractivity contribution is 0.0919. The second-order valence-corrected chi connectivity index (χ2v) is 8.91. The molecule has 0 unspecified atom stereocenters. The molecule has 0 saturated heterocycles. The van der Waals surface area contributed by atoms with Crippen molar-refractivity contribution in [2.24, 2.45) is 0 Å². The fourth-order valence-corrected chi connectivity index (χ4v) is 3.19. The van der Waals surface area contributed by atoms with Gasteiger partial charge in [-0.2, -0.15) is 0 Å². The predicted molar refractivity (Wildman–Crippen MR) is 127 cm³/mol. The number of amides is 2. The maximum Gasteiger partial charge on any atom is 0.257 e. The van der Waals surface area contributed by atoms with Crippen molar-refractivity contribution < 1.29 is 14.3 Å². The molecule has 2 rings (SSSR count). The summed E-state index contributed by atoms with van der Waals surface area (Å²) >= 11 is 8.69. The van der Waals surface area contributed by atoms with E-state index in [9.17, 15) is 9.59 Å². The van der Waals surface area contributed by atoms with Crippen LogP contribution in [-0.2, 0) is 0 Å². The number of ether oxygens (including phenoxy) is 1. The Bertz CT molecular complexity index is 941. The molecule has 160 valence electrons. The van der Waals surface area contributed by atoms with Gasteiger partial charge in [0.15, 0.2) is 5.11 Å². The Morgan fingerprint density at radius 2 is 1.80 bits per heavy atom. The quantitative estimate of drug-likeness (QED) is 0.501. The van der Waals surface area contributed by atoms with Gasteiger partial charge in [0.25, 0.3) is 11.8 Å². The number of hydrogen-bond donors (Lipinski definition) is 3. The van der Waals surface area contributed by atoms with Crippen LogP contribution in [-0.4, -0.2) is 29.1 Å². The highest BCUT2D eigenvalue weighted by molar-refractivity contribution is 9.10. The van der Waals surface area contributed by atoms with Gasteiger partial charge < -0.3 is 15.4 Å². The van der Waals surface area contributed by atoms with Crippen molar-refractivity contribution in [2.45, 2.75) is 39.7 Å². The number of carbonyl (C=O) groups is 2. The molecule has 2 aromatic rings.